The summed E-state index contributed by atoms with van der Waals surface area (Å²) in [6.07, 6.45) is 1.05. The summed E-state index contributed by atoms with van der Waals surface area (Å²) in [6, 6.07) is 0.187. The van der Waals surface area contributed by atoms with Crippen LogP contribution in [0.5, 0.6) is 0 Å². The Hall–Kier alpha value is -1.10. The predicted octanol–water partition coefficient (Wildman–Crippen LogP) is 0.311. The number of hydrogen-bond acceptors (Lipinski definition) is 3. The van der Waals surface area contributed by atoms with E-state index in [-0.39, 0.29) is 17.9 Å². The fourth-order valence-electron chi connectivity index (χ4n) is 2.60. The second-order valence-corrected chi connectivity index (χ2v) is 6.14. The summed E-state index contributed by atoms with van der Waals surface area (Å²) in [5.74, 6) is 1.24. The molecule has 0 radical (unpaired) electrons. The lowest BCUT2D eigenvalue weighted by Gasteiger charge is -2.34. The molecule has 0 aromatic carbocycles. The zero-order valence-electron chi connectivity index (χ0n) is 12.2. The summed E-state index contributed by atoms with van der Waals surface area (Å²) >= 11 is 0. The fraction of sp³-hybridized carbons (Fsp3) is 0.857. The highest BCUT2D eigenvalue weighted by Gasteiger charge is 2.41. The molecule has 1 saturated heterocycles. The number of rotatable bonds is 4. The van der Waals surface area contributed by atoms with Gasteiger partial charge in [-0.3, -0.25) is 14.5 Å². The molecule has 2 atom stereocenters. The van der Waals surface area contributed by atoms with Crippen molar-refractivity contribution in [2.45, 2.75) is 33.2 Å². The van der Waals surface area contributed by atoms with Gasteiger partial charge in [0.15, 0.2) is 0 Å². The Balaban J connectivity index is 1.70. The van der Waals surface area contributed by atoms with Gasteiger partial charge in [-0.25, -0.2) is 0 Å². The van der Waals surface area contributed by atoms with Gasteiger partial charge in [0.05, 0.1) is 6.54 Å². The van der Waals surface area contributed by atoms with Crippen LogP contribution in [-0.4, -0.2) is 60.4 Å². The second kappa shape index (κ2) is 5.90. The van der Waals surface area contributed by atoms with Crippen LogP contribution in [0.2, 0.25) is 0 Å². The van der Waals surface area contributed by atoms with Crippen molar-refractivity contribution in [2.24, 2.45) is 11.8 Å². The number of amides is 2. The third-order valence-electron chi connectivity index (χ3n) is 3.93. The maximum Gasteiger partial charge on any atom is 0.234 e. The molecule has 1 saturated carbocycles. The Morgan fingerprint density at radius 1 is 1.21 bits per heavy atom. The maximum atomic E-state index is 12.1. The van der Waals surface area contributed by atoms with E-state index in [9.17, 15) is 9.59 Å². The molecule has 1 heterocycles. The van der Waals surface area contributed by atoms with Crippen LogP contribution in [0.4, 0.5) is 0 Å². The summed E-state index contributed by atoms with van der Waals surface area (Å²) in [6.45, 7) is 9.64. The highest BCUT2D eigenvalue weighted by molar-refractivity contribution is 5.82. The van der Waals surface area contributed by atoms with Crippen molar-refractivity contribution in [3.63, 3.8) is 0 Å². The molecule has 0 aromatic rings. The van der Waals surface area contributed by atoms with Crippen LogP contribution in [0.15, 0.2) is 0 Å². The lowest BCUT2D eigenvalue weighted by Crippen LogP contribution is -2.52. The number of nitrogens with one attached hydrogen (secondary N) is 1. The average Bonchev–Trinajstić information content (AvgIpc) is 3.05. The monoisotopic (exact) mass is 267 g/mol. The Morgan fingerprint density at radius 3 is 2.26 bits per heavy atom. The first kappa shape index (κ1) is 14.3. The zero-order chi connectivity index (χ0) is 14.0. The summed E-state index contributed by atoms with van der Waals surface area (Å²) in [5.41, 5.74) is 0. The molecule has 2 fully saturated rings. The lowest BCUT2D eigenvalue weighted by atomic mass is 10.2. The number of hydrogen-bond donors (Lipinski definition) is 1. The molecular formula is C14H25N3O2. The van der Waals surface area contributed by atoms with Gasteiger partial charge >= 0.3 is 0 Å². The van der Waals surface area contributed by atoms with E-state index in [1.54, 1.807) is 0 Å². The summed E-state index contributed by atoms with van der Waals surface area (Å²) in [5, 5.41) is 2.90. The van der Waals surface area contributed by atoms with Crippen LogP contribution in [0.3, 0.4) is 0 Å². The van der Waals surface area contributed by atoms with Gasteiger partial charge in [-0.05, 0) is 26.2 Å². The average molecular weight is 267 g/mol. The third kappa shape index (κ3) is 3.93. The summed E-state index contributed by atoms with van der Waals surface area (Å²) < 4.78 is 0. The minimum atomic E-state index is 0.0746. The minimum Gasteiger partial charge on any atom is -0.353 e. The number of carbonyl (C=O) groups excluding carboxylic acids is 2. The van der Waals surface area contributed by atoms with Gasteiger partial charge in [-0.2, -0.15) is 0 Å². The fourth-order valence-corrected chi connectivity index (χ4v) is 2.60. The van der Waals surface area contributed by atoms with Crippen LogP contribution in [-0.2, 0) is 9.59 Å². The molecule has 1 N–H and O–H groups in total. The first-order valence-corrected chi connectivity index (χ1v) is 7.28. The van der Waals surface area contributed by atoms with Crippen molar-refractivity contribution in [1.29, 1.82) is 0 Å². The Bertz CT molecular complexity index is 349. The van der Waals surface area contributed by atoms with Crippen molar-refractivity contribution in [2.75, 3.05) is 32.7 Å². The topological polar surface area (TPSA) is 52.7 Å². The Kier molecular flexibility index (Phi) is 4.45. The molecule has 0 bridgehead atoms. The summed E-state index contributed by atoms with van der Waals surface area (Å²) in [4.78, 5) is 27.8. The molecule has 2 unspecified atom stereocenters. The lowest BCUT2D eigenvalue weighted by molar-refractivity contribution is -0.134. The van der Waals surface area contributed by atoms with Gasteiger partial charge < -0.3 is 10.2 Å². The molecular weight excluding hydrogens is 242 g/mol. The molecule has 1 aliphatic carbocycles. The Labute approximate surface area is 115 Å². The highest BCUT2D eigenvalue weighted by atomic mass is 16.2. The largest absolute Gasteiger partial charge is 0.353 e. The number of piperazine rings is 1. The summed E-state index contributed by atoms with van der Waals surface area (Å²) in [7, 11) is 0. The van der Waals surface area contributed by atoms with Gasteiger partial charge in [-0.15, -0.1) is 0 Å². The molecule has 108 valence electrons. The van der Waals surface area contributed by atoms with Crippen LogP contribution in [0.1, 0.15) is 27.2 Å². The van der Waals surface area contributed by atoms with E-state index in [0.717, 1.165) is 32.6 Å². The van der Waals surface area contributed by atoms with Crippen molar-refractivity contribution in [1.82, 2.24) is 15.1 Å². The molecule has 19 heavy (non-hydrogen) atoms. The van der Waals surface area contributed by atoms with Crippen molar-refractivity contribution in [3.8, 4) is 0 Å². The molecule has 1 aliphatic heterocycles. The van der Waals surface area contributed by atoms with E-state index in [4.69, 9.17) is 0 Å². The molecule has 2 aliphatic rings. The second-order valence-electron chi connectivity index (χ2n) is 6.14. The van der Waals surface area contributed by atoms with E-state index in [1.807, 2.05) is 18.7 Å². The van der Waals surface area contributed by atoms with Gasteiger partial charge in [-0.1, -0.05) is 6.92 Å². The SMILES string of the molecule is CC(C)NC(=O)CN1CCN(C(=O)C2CC2C)CC1. The number of nitrogens with zero attached hydrogens (tertiary/aromatic N) is 2. The minimum absolute atomic E-state index is 0.0746. The molecule has 5 nitrogen and oxygen atoms in total. The predicted molar refractivity (Wildman–Crippen MR) is 73.6 cm³/mol. The maximum absolute atomic E-state index is 12.1. The van der Waals surface area contributed by atoms with Crippen molar-refractivity contribution in [3.05, 3.63) is 0 Å². The van der Waals surface area contributed by atoms with Crippen molar-refractivity contribution < 1.29 is 9.59 Å². The normalized spacial score (nSPS) is 27.5. The van der Waals surface area contributed by atoms with Gasteiger partial charge in [0.2, 0.25) is 11.8 Å². The molecule has 2 rings (SSSR count). The molecule has 0 spiro atoms. The smallest absolute Gasteiger partial charge is 0.234 e. The zero-order valence-corrected chi connectivity index (χ0v) is 12.2. The Morgan fingerprint density at radius 2 is 1.79 bits per heavy atom. The molecule has 5 heteroatoms. The van der Waals surface area contributed by atoms with E-state index in [1.165, 1.54) is 0 Å². The van der Waals surface area contributed by atoms with Crippen LogP contribution in [0.25, 0.3) is 0 Å². The first-order chi connectivity index (χ1) is 8.97. The van der Waals surface area contributed by atoms with Gasteiger partial charge in [0.1, 0.15) is 0 Å². The van der Waals surface area contributed by atoms with E-state index in [0.29, 0.717) is 18.4 Å². The van der Waals surface area contributed by atoms with Crippen LogP contribution >= 0.6 is 0 Å². The van der Waals surface area contributed by atoms with Crippen LogP contribution < -0.4 is 5.32 Å². The van der Waals surface area contributed by atoms with E-state index >= 15 is 0 Å². The van der Waals surface area contributed by atoms with Crippen LogP contribution in [0, 0.1) is 11.8 Å². The first-order valence-electron chi connectivity index (χ1n) is 7.28. The molecule has 2 amide bonds. The van der Waals surface area contributed by atoms with E-state index in [2.05, 4.69) is 17.1 Å². The number of carbonyl (C=O) groups is 2. The van der Waals surface area contributed by atoms with Crippen molar-refractivity contribution >= 4 is 11.8 Å². The standard InChI is InChI=1S/C14H25N3O2/c1-10(2)15-13(18)9-16-4-6-17(7-5-16)14(19)12-8-11(12)3/h10-12H,4-9H2,1-3H3,(H,15,18). The van der Waals surface area contributed by atoms with Gasteiger partial charge in [0, 0.05) is 38.1 Å². The quantitative estimate of drug-likeness (QED) is 0.797. The van der Waals surface area contributed by atoms with E-state index < -0.39 is 0 Å². The highest BCUT2D eigenvalue weighted by Crippen LogP contribution is 2.39. The molecule has 0 aromatic heterocycles. The van der Waals surface area contributed by atoms with Gasteiger partial charge in [0.25, 0.3) is 0 Å². The third-order valence-corrected chi connectivity index (χ3v) is 3.93.